The highest BCUT2D eigenvalue weighted by Gasteiger charge is 2.25. The van der Waals surface area contributed by atoms with Crippen molar-refractivity contribution in [1.29, 1.82) is 0 Å². The number of carbonyl (C=O) groups excluding carboxylic acids is 1. The van der Waals surface area contributed by atoms with Gasteiger partial charge in [-0.15, -0.1) is 0 Å². The Balaban J connectivity index is 3.05. The minimum atomic E-state index is -0.527. The maximum atomic E-state index is 10.8. The Hall–Kier alpha value is -2.11. The second kappa shape index (κ2) is 5.03. The molecular formula is C12H16N2O4. The predicted octanol–water partition coefficient (Wildman–Crippen LogP) is 2.02. The van der Waals surface area contributed by atoms with Crippen LogP contribution in [-0.2, 0) is 14.9 Å². The van der Waals surface area contributed by atoms with Gasteiger partial charge >= 0.3 is 5.97 Å². The first-order chi connectivity index (χ1) is 8.24. The number of benzene rings is 1. The van der Waals surface area contributed by atoms with Crippen molar-refractivity contribution in [3.63, 3.8) is 0 Å². The summed E-state index contributed by atoms with van der Waals surface area (Å²) in [6.45, 7) is 5.15. The average Bonchev–Trinajstić information content (AvgIpc) is 2.26. The van der Waals surface area contributed by atoms with Gasteiger partial charge in [0.2, 0.25) is 0 Å². The Morgan fingerprint density at radius 3 is 2.61 bits per heavy atom. The van der Waals surface area contributed by atoms with Gasteiger partial charge in [-0.3, -0.25) is 14.9 Å². The molecule has 6 nitrogen and oxygen atoms in total. The zero-order valence-electron chi connectivity index (χ0n) is 10.6. The molecule has 0 spiro atoms. The van der Waals surface area contributed by atoms with Gasteiger partial charge in [-0.2, -0.15) is 0 Å². The Labute approximate surface area is 105 Å². The van der Waals surface area contributed by atoms with Crippen molar-refractivity contribution < 1.29 is 14.5 Å². The number of carbonyl (C=O) groups is 1. The molecule has 0 aliphatic carbocycles. The van der Waals surface area contributed by atoms with Crippen LogP contribution in [-0.4, -0.2) is 17.5 Å². The van der Waals surface area contributed by atoms with Crippen LogP contribution >= 0.6 is 0 Å². The maximum absolute atomic E-state index is 10.8. The molecule has 1 aromatic rings. The molecule has 1 rings (SSSR count). The van der Waals surface area contributed by atoms with Crippen LogP contribution in [0.3, 0.4) is 0 Å². The van der Waals surface area contributed by atoms with Crippen molar-refractivity contribution in [2.75, 3.05) is 12.3 Å². The number of nitro benzene ring substituents is 1. The fourth-order valence-corrected chi connectivity index (χ4v) is 1.49. The normalized spacial score (nSPS) is 11.1. The van der Waals surface area contributed by atoms with E-state index in [9.17, 15) is 14.9 Å². The van der Waals surface area contributed by atoms with Crippen molar-refractivity contribution in [2.24, 2.45) is 0 Å². The summed E-state index contributed by atoms with van der Waals surface area (Å²) < 4.78 is 4.95. The van der Waals surface area contributed by atoms with Crippen LogP contribution in [0.4, 0.5) is 11.4 Å². The molecule has 0 aliphatic rings. The highest BCUT2D eigenvalue weighted by atomic mass is 16.6. The highest BCUT2D eigenvalue weighted by Crippen LogP contribution is 2.30. The van der Waals surface area contributed by atoms with E-state index in [-0.39, 0.29) is 24.0 Å². The lowest BCUT2D eigenvalue weighted by atomic mass is 9.85. The molecule has 18 heavy (non-hydrogen) atoms. The first-order valence-corrected chi connectivity index (χ1v) is 5.42. The van der Waals surface area contributed by atoms with E-state index in [1.54, 1.807) is 6.07 Å². The molecule has 0 heterocycles. The van der Waals surface area contributed by atoms with Gasteiger partial charge in [0.1, 0.15) is 12.3 Å². The number of hydrogen-bond donors (Lipinski definition) is 1. The Morgan fingerprint density at radius 2 is 2.11 bits per heavy atom. The summed E-state index contributed by atoms with van der Waals surface area (Å²) >= 11 is 0. The smallest absolute Gasteiger partial charge is 0.302 e. The summed E-state index contributed by atoms with van der Waals surface area (Å²) in [7, 11) is 0. The molecule has 6 heteroatoms. The van der Waals surface area contributed by atoms with E-state index in [4.69, 9.17) is 10.5 Å². The SMILES string of the molecule is CC(=O)OCC(C)(C)c1ccc(N)c([N+](=O)[O-])c1. The molecule has 0 saturated heterocycles. The van der Waals surface area contributed by atoms with E-state index in [0.717, 1.165) is 0 Å². The molecule has 0 amide bonds. The molecular weight excluding hydrogens is 236 g/mol. The average molecular weight is 252 g/mol. The summed E-state index contributed by atoms with van der Waals surface area (Å²) in [5.41, 5.74) is 5.70. The predicted molar refractivity (Wildman–Crippen MR) is 67.2 cm³/mol. The summed E-state index contributed by atoms with van der Waals surface area (Å²) in [6, 6.07) is 4.60. The van der Waals surface area contributed by atoms with E-state index in [1.165, 1.54) is 19.1 Å². The molecule has 0 aromatic heterocycles. The lowest BCUT2D eigenvalue weighted by Crippen LogP contribution is -2.25. The molecule has 1 aromatic carbocycles. The third-order valence-electron chi connectivity index (χ3n) is 2.64. The first-order valence-electron chi connectivity index (χ1n) is 5.42. The number of rotatable bonds is 4. The zero-order chi connectivity index (χ0) is 13.9. The molecule has 98 valence electrons. The van der Waals surface area contributed by atoms with Gasteiger partial charge in [-0.25, -0.2) is 0 Å². The van der Waals surface area contributed by atoms with Crippen molar-refractivity contribution in [2.45, 2.75) is 26.2 Å². The quantitative estimate of drug-likeness (QED) is 0.383. The number of anilines is 1. The minimum Gasteiger partial charge on any atom is -0.465 e. The Bertz CT molecular complexity index is 483. The van der Waals surface area contributed by atoms with E-state index in [1.807, 2.05) is 13.8 Å². The summed E-state index contributed by atoms with van der Waals surface area (Å²) in [4.78, 5) is 21.1. The lowest BCUT2D eigenvalue weighted by molar-refractivity contribution is -0.384. The highest BCUT2D eigenvalue weighted by molar-refractivity contribution is 5.66. The van der Waals surface area contributed by atoms with Gasteiger partial charge < -0.3 is 10.5 Å². The van der Waals surface area contributed by atoms with Crippen LogP contribution in [0.1, 0.15) is 26.3 Å². The Kier molecular flexibility index (Phi) is 3.90. The third-order valence-corrected chi connectivity index (χ3v) is 2.64. The molecule has 2 N–H and O–H groups in total. The third kappa shape index (κ3) is 3.19. The van der Waals surface area contributed by atoms with Crippen molar-refractivity contribution in [3.05, 3.63) is 33.9 Å². The largest absolute Gasteiger partial charge is 0.465 e. The summed E-state index contributed by atoms with van der Waals surface area (Å²) in [5.74, 6) is -0.381. The van der Waals surface area contributed by atoms with Gasteiger partial charge in [0.15, 0.2) is 0 Å². The van der Waals surface area contributed by atoms with Gasteiger partial charge in [-0.1, -0.05) is 19.9 Å². The number of esters is 1. The van der Waals surface area contributed by atoms with Crippen molar-refractivity contribution in [3.8, 4) is 0 Å². The van der Waals surface area contributed by atoms with Crippen molar-refractivity contribution >= 4 is 17.3 Å². The standard InChI is InChI=1S/C12H16N2O4/c1-8(15)18-7-12(2,3)9-4-5-10(13)11(6-9)14(16)17/h4-6H,7,13H2,1-3H3. The van der Waals surface area contributed by atoms with Crippen LogP contribution < -0.4 is 5.73 Å². The maximum Gasteiger partial charge on any atom is 0.302 e. The van der Waals surface area contributed by atoms with Gasteiger partial charge in [0.05, 0.1) is 4.92 Å². The summed E-state index contributed by atoms with van der Waals surface area (Å²) in [5, 5.41) is 10.8. The molecule has 0 fully saturated rings. The van der Waals surface area contributed by atoms with Crippen LogP contribution in [0.2, 0.25) is 0 Å². The second-order valence-electron chi connectivity index (χ2n) is 4.69. The number of nitrogen functional groups attached to an aromatic ring is 1. The van der Waals surface area contributed by atoms with Crippen molar-refractivity contribution in [1.82, 2.24) is 0 Å². The molecule has 0 unspecified atom stereocenters. The van der Waals surface area contributed by atoms with E-state index in [2.05, 4.69) is 0 Å². The van der Waals surface area contributed by atoms with Crippen LogP contribution in [0.15, 0.2) is 18.2 Å². The number of nitrogens with zero attached hydrogens (tertiary/aromatic N) is 1. The first kappa shape index (κ1) is 14.0. The van der Waals surface area contributed by atoms with E-state index < -0.39 is 10.3 Å². The van der Waals surface area contributed by atoms with Gasteiger partial charge in [0.25, 0.3) is 5.69 Å². The molecule has 0 bridgehead atoms. The molecule has 0 atom stereocenters. The fourth-order valence-electron chi connectivity index (χ4n) is 1.49. The minimum absolute atomic E-state index is 0.118. The molecule has 0 saturated carbocycles. The monoisotopic (exact) mass is 252 g/mol. The number of nitrogens with two attached hydrogens (primary N) is 1. The van der Waals surface area contributed by atoms with Crippen LogP contribution in [0.5, 0.6) is 0 Å². The lowest BCUT2D eigenvalue weighted by Gasteiger charge is -2.24. The number of ether oxygens (including phenoxy) is 1. The number of nitro groups is 1. The molecule has 0 radical (unpaired) electrons. The van der Waals surface area contributed by atoms with Crippen LogP contribution in [0.25, 0.3) is 0 Å². The zero-order valence-corrected chi connectivity index (χ0v) is 10.6. The van der Waals surface area contributed by atoms with E-state index in [0.29, 0.717) is 5.56 Å². The second-order valence-corrected chi connectivity index (χ2v) is 4.69. The summed E-state index contributed by atoms with van der Waals surface area (Å²) in [6.07, 6.45) is 0. The van der Waals surface area contributed by atoms with E-state index >= 15 is 0 Å². The van der Waals surface area contributed by atoms with Gasteiger partial charge in [0, 0.05) is 18.4 Å². The van der Waals surface area contributed by atoms with Crippen LogP contribution in [0, 0.1) is 10.1 Å². The Morgan fingerprint density at radius 1 is 1.50 bits per heavy atom. The molecule has 0 aliphatic heterocycles. The fraction of sp³-hybridized carbons (Fsp3) is 0.417. The van der Waals surface area contributed by atoms with Gasteiger partial charge in [-0.05, 0) is 11.6 Å². The number of hydrogen-bond acceptors (Lipinski definition) is 5. The topological polar surface area (TPSA) is 95.5 Å².